The number of rotatable bonds is 5. The second kappa shape index (κ2) is 7.21. The summed E-state index contributed by atoms with van der Waals surface area (Å²) in [6.45, 7) is 4.85. The van der Waals surface area contributed by atoms with E-state index in [9.17, 15) is 5.11 Å². The van der Waals surface area contributed by atoms with E-state index in [1.165, 1.54) is 16.7 Å². The van der Waals surface area contributed by atoms with Crippen molar-refractivity contribution in [3.63, 3.8) is 0 Å². The molecule has 2 nitrogen and oxygen atoms in total. The lowest BCUT2D eigenvalue weighted by Crippen LogP contribution is -2.27. The van der Waals surface area contributed by atoms with Gasteiger partial charge in [-0.05, 0) is 34.2 Å². The van der Waals surface area contributed by atoms with Gasteiger partial charge >= 0.3 is 0 Å². The van der Waals surface area contributed by atoms with Crippen LogP contribution >= 0.6 is 0 Å². The van der Waals surface area contributed by atoms with Crippen molar-refractivity contribution in [2.75, 3.05) is 0 Å². The summed E-state index contributed by atoms with van der Waals surface area (Å²) in [5.74, 6) is 1.20. The molecule has 1 N–H and O–H groups in total. The van der Waals surface area contributed by atoms with Crippen LogP contribution in [0.3, 0.4) is 0 Å². The Balaban J connectivity index is 1.67. The minimum absolute atomic E-state index is 0.411. The van der Waals surface area contributed by atoms with Crippen molar-refractivity contribution in [2.24, 2.45) is 0 Å². The highest BCUT2D eigenvalue weighted by atomic mass is 16.5. The highest BCUT2D eigenvalue weighted by Gasteiger charge is 2.38. The van der Waals surface area contributed by atoms with Gasteiger partial charge in [-0.15, -0.1) is 0 Å². The Bertz CT molecular complexity index is 903. The summed E-state index contributed by atoms with van der Waals surface area (Å²) in [5, 5.41) is 11.5. The van der Waals surface area contributed by atoms with E-state index in [1.807, 2.05) is 30.3 Å². The van der Waals surface area contributed by atoms with Crippen LogP contribution in [0.1, 0.15) is 47.6 Å². The molecule has 2 heteroatoms. The third-order valence-electron chi connectivity index (χ3n) is 5.50. The summed E-state index contributed by atoms with van der Waals surface area (Å²) < 4.78 is 6.23. The Morgan fingerprint density at radius 1 is 0.889 bits per heavy atom. The summed E-state index contributed by atoms with van der Waals surface area (Å²) in [5.41, 5.74) is 4.77. The number of hydrogen-bond donors (Lipinski definition) is 1. The van der Waals surface area contributed by atoms with Crippen LogP contribution in [0, 0.1) is 0 Å². The molecule has 138 valence electrons. The van der Waals surface area contributed by atoms with Gasteiger partial charge in [-0.25, -0.2) is 0 Å². The van der Waals surface area contributed by atoms with Gasteiger partial charge in [0.25, 0.3) is 0 Å². The SMILES string of the molecule is CC(C)c1ccc(C2(O)Cc3ccccc3C2)c(OCc2ccccc2)c1. The van der Waals surface area contributed by atoms with E-state index >= 15 is 0 Å². The molecular formula is C25H26O2. The molecule has 0 saturated carbocycles. The third kappa shape index (κ3) is 3.63. The maximum Gasteiger partial charge on any atom is 0.126 e. The Labute approximate surface area is 161 Å². The first kappa shape index (κ1) is 17.8. The molecule has 0 amide bonds. The molecule has 1 aliphatic rings. The van der Waals surface area contributed by atoms with E-state index in [1.54, 1.807) is 0 Å². The van der Waals surface area contributed by atoms with Crippen LogP contribution in [0.4, 0.5) is 0 Å². The molecule has 27 heavy (non-hydrogen) atoms. The number of benzene rings is 3. The zero-order valence-electron chi connectivity index (χ0n) is 16.0. The minimum atomic E-state index is -0.911. The molecule has 0 aromatic heterocycles. The number of ether oxygens (including phenoxy) is 1. The maximum atomic E-state index is 11.5. The van der Waals surface area contributed by atoms with Crippen LogP contribution in [0.25, 0.3) is 0 Å². The molecule has 0 aliphatic heterocycles. The normalized spacial score (nSPS) is 15.0. The zero-order valence-corrected chi connectivity index (χ0v) is 16.0. The lowest BCUT2D eigenvalue weighted by atomic mass is 9.88. The van der Waals surface area contributed by atoms with Crippen molar-refractivity contribution < 1.29 is 9.84 Å². The van der Waals surface area contributed by atoms with Gasteiger partial charge in [0.05, 0.1) is 0 Å². The highest BCUT2D eigenvalue weighted by molar-refractivity contribution is 5.47. The topological polar surface area (TPSA) is 29.5 Å². The molecule has 3 aromatic rings. The lowest BCUT2D eigenvalue weighted by Gasteiger charge is -2.26. The quantitative estimate of drug-likeness (QED) is 0.664. The van der Waals surface area contributed by atoms with Crippen LogP contribution < -0.4 is 4.74 Å². The molecule has 3 aromatic carbocycles. The summed E-state index contributed by atoms with van der Waals surface area (Å²) in [4.78, 5) is 0. The predicted octanol–water partition coefficient (Wildman–Crippen LogP) is 5.38. The van der Waals surface area contributed by atoms with Crippen LogP contribution in [0.5, 0.6) is 5.75 Å². The monoisotopic (exact) mass is 358 g/mol. The lowest BCUT2D eigenvalue weighted by molar-refractivity contribution is 0.0446. The van der Waals surface area contributed by atoms with E-state index in [-0.39, 0.29) is 0 Å². The second-order valence-corrected chi connectivity index (χ2v) is 7.84. The van der Waals surface area contributed by atoms with Gasteiger partial charge in [0, 0.05) is 18.4 Å². The van der Waals surface area contributed by atoms with Crippen molar-refractivity contribution in [1.82, 2.24) is 0 Å². The molecule has 0 radical (unpaired) electrons. The van der Waals surface area contributed by atoms with Crippen LogP contribution in [0.15, 0.2) is 72.8 Å². The van der Waals surface area contributed by atoms with Crippen LogP contribution in [-0.2, 0) is 25.0 Å². The maximum absolute atomic E-state index is 11.5. The molecule has 0 unspecified atom stereocenters. The van der Waals surface area contributed by atoms with Gasteiger partial charge in [0.15, 0.2) is 0 Å². The number of fused-ring (bicyclic) bond motifs is 1. The van der Waals surface area contributed by atoms with E-state index in [2.05, 4.69) is 56.3 Å². The van der Waals surface area contributed by atoms with Crippen molar-refractivity contribution in [2.45, 2.75) is 44.8 Å². The first-order valence-electron chi connectivity index (χ1n) is 9.65. The van der Waals surface area contributed by atoms with Crippen LogP contribution in [-0.4, -0.2) is 5.11 Å². The van der Waals surface area contributed by atoms with Gasteiger partial charge in [0.1, 0.15) is 18.0 Å². The van der Waals surface area contributed by atoms with E-state index in [4.69, 9.17) is 4.74 Å². The Morgan fingerprint density at radius 2 is 1.52 bits per heavy atom. The zero-order chi connectivity index (χ0) is 18.9. The summed E-state index contributed by atoms with van der Waals surface area (Å²) in [7, 11) is 0. The standard InChI is InChI=1S/C25H26O2/c1-18(2)20-12-13-23(24(14-20)27-17-19-8-4-3-5-9-19)25(26)15-21-10-6-7-11-22(21)16-25/h3-14,18,26H,15-17H2,1-2H3. The molecule has 1 aliphatic carbocycles. The Kier molecular flexibility index (Phi) is 4.75. The van der Waals surface area contributed by atoms with Crippen molar-refractivity contribution in [3.8, 4) is 5.75 Å². The molecule has 0 fully saturated rings. The highest BCUT2D eigenvalue weighted by Crippen LogP contribution is 2.42. The molecule has 0 atom stereocenters. The second-order valence-electron chi connectivity index (χ2n) is 7.84. The smallest absolute Gasteiger partial charge is 0.126 e. The van der Waals surface area contributed by atoms with Crippen molar-refractivity contribution >= 4 is 0 Å². The third-order valence-corrected chi connectivity index (χ3v) is 5.50. The van der Waals surface area contributed by atoms with Gasteiger partial charge in [0.2, 0.25) is 0 Å². The molecule has 0 spiro atoms. The van der Waals surface area contributed by atoms with E-state index in [0.29, 0.717) is 25.4 Å². The number of aliphatic hydroxyl groups is 1. The van der Waals surface area contributed by atoms with Gasteiger partial charge in [-0.2, -0.15) is 0 Å². The van der Waals surface area contributed by atoms with Gasteiger partial charge in [-0.3, -0.25) is 0 Å². The van der Waals surface area contributed by atoms with E-state index < -0.39 is 5.60 Å². The fourth-order valence-corrected chi connectivity index (χ4v) is 3.92. The fraction of sp³-hybridized carbons (Fsp3) is 0.280. The molecule has 4 rings (SSSR count). The Morgan fingerprint density at radius 3 is 2.15 bits per heavy atom. The largest absolute Gasteiger partial charge is 0.489 e. The average Bonchev–Trinajstić information content (AvgIpc) is 3.04. The minimum Gasteiger partial charge on any atom is -0.489 e. The van der Waals surface area contributed by atoms with Crippen molar-refractivity contribution in [3.05, 3.63) is 101 Å². The molecule has 0 bridgehead atoms. The Hall–Kier alpha value is -2.58. The average molecular weight is 358 g/mol. The summed E-state index contributed by atoms with van der Waals surface area (Å²) in [6.07, 6.45) is 1.26. The van der Waals surface area contributed by atoms with Gasteiger partial charge < -0.3 is 9.84 Å². The van der Waals surface area contributed by atoms with Crippen LogP contribution in [0.2, 0.25) is 0 Å². The van der Waals surface area contributed by atoms with Gasteiger partial charge in [-0.1, -0.05) is 80.6 Å². The summed E-state index contributed by atoms with van der Waals surface area (Å²) in [6, 6.07) is 24.8. The van der Waals surface area contributed by atoms with E-state index in [0.717, 1.165) is 16.9 Å². The fourth-order valence-electron chi connectivity index (χ4n) is 3.92. The molecule has 0 heterocycles. The number of hydrogen-bond acceptors (Lipinski definition) is 2. The molecular weight excluding hydrogens is 332 g/mol. The predicted molar refractivity (Wildman–Crippen MR) is 109 cm³/mol. The molecule has 0 saturated heterocycles. The van der Waals surface area contributed by atoms with Crippen molar-refractivity contribution in [1.29, 1.82) is 0 Å². The summed E-state index contributed by atoms with van der Waals surface area (Å²) >= 11 is 0. The first-order chi connectivity index (χ1) is 13.0. The first-order valence-corrected chi connectivity index (χ1v) is 9.65.